The summed E-state index contributed by atoms with van der Waals surface area (Å²) in [4.78, 5) is 16.0. The number of carbonyl (C=O) groups excluding carboxylic acids is 1. The average Bonchev–Trinajstić information content (AvgIpc) is 2.49. The summed E-state index contributed by atoms with van der Waals surface area (Å²) in [6.45, 7) is 5.74. The molecule has 4 heteroatoms. The van der Waals surface area contributed by atoms with Crippen LogP contribution in [-0.4, -0.2) is 55.6 Å². The van der Waals surface area contributed by atoms with Gasteiger partial charge in [0.2, 0.25) is 0 Å². The van der Waals surface area contributed by atoms with E-state index in [1.807, 2.05) is 24.3 Å². The first-order valence-corrected chi connectivity index (χ1v) is 6.78. The highest BCUT2D eigenvalue weighted by molar-refractivity contribution is 5.89. The summed E-state index contributed by atoms with van der Waals surface area (Å²) < 4.78 is 4.69. The fraction of sp³-hybridized carbons (Fsp3) is 0.438. The molecular weight excluding hydrogens is 252 g/mol. The number of terminal acetylenes is 1. The van der Waals surface area contributed by atoms with Gasteiger partial charge in [-0.2, -0.15) is 0 Å². The first-order chi connectivity index (χ1) is 9.72. The van der Waals surface area contributed by atoms with E-state index < -0.39 is 0 Å². The van der Waals surface area contributed by atoms with Gasteiger partial charge in [0.1, 0.15) is 0 Å². The van der Waals surface area contributed by atoms with E-state index in [9.17, 15) is 4.79 Å². The van der Waals surface area contributed by atoms with E-state index in [2.05, 4.69) is 20.5 Å². The van der Waals surface area contributed by atoms with Crippen molar-refractivity contribution in [1.82, 2.24) is 9.80 Å². The van der Waals surface area contributed by atoms with E-state index in [1.165, 1.54) is 12.7 Å². The van der Waals surface area contributed by atoms with Gasteiger partial charge in [-0.1, -0.05) is 18.1 Å². The molecular formula is C16H20N2O2. The summed E-state index contributed by atoms with van der Waals surface area (Å²) in [6.07, 6.45) is 5.32. The maximum Gasteiger partial charge on any atom is 0.337 e. The minimum Gasteiger partial charge on any atom is -0.465 e. The van der Waals surface area contributed by atoms with E-state index in [4.69, 9.17) is 6.42 Å². The number of piperazine rings is 1. The summed E-state index contributed by atoms with van der Waals surface area (Å²) in [5.41, 5.74) is 1.80. The number of rotatable bonds is 4. The Kier molecular flexibility index (Phi) is 5.16. The molecule has 4 nitrogen and oxygen atoms in total. The van der Waals surface area contributed by atoms with Crippen molar-refractivity contribution in [3.05, 3.63) is 35.4 Å². The number of nitrogens with zero attached hydrogens (tertiary/aromatic N) is 2. The molecule has 0 radical (unpaired) electrons. The highest BCUT2D eigenvalue weighted by Crippen LogP contribution is 2.10. The Hall–Kier alpha value is -1.83. The lowest BCUT2D eigenvalue weighted by Crippen LogP contribution is -2.45. The van der Waals surface area contributed by atoms with Crippen LogP contribution in [0.25, 0.3) is 0 Å². The second kappa shape index (κ2) is 7.09. The van der Waals surface area contributed by atoms with E-state index >= 15 is 0 Å². The number of benzene rings is 1. The van der Waals surface area contributed by atoms with Gasteiger partial charge in [0.05, 0.1) is 19.2 Å². The van der Waals surface area contributed by atoms with Gasteiger partial charge in [-0.3, -0.25) is 9.80 Å². The molecule has 0 aliphatic carbocycles. The van der Waals surface area contributed by atoms with Gasteiger partial charge in [0.15, 0.2) is 0 Å². The molecule has 1 heterocycles. The quantitative estimate of drug-likeness (QED) is 0.609. The van der Waals surface area contributed by atoms with E-state index in [0.29, 0.717) is 5.56 Å². The normalized spacial score (nSPS) is 16.6. The lowest BCUT2D eigenvalue weighted by atomic mass is 10.1. The largest absolute Gasteiger partial charge is 0.465 e. The second-order valence-electron chi connectivity index (χ2n) is 4.94. The van der Waals surface area contributed by atoms with Crippen molar-refractivity contribution in [2.45, 2.75) is 6.54 Å². The van der Waals surface area contributed by atoms with Crippen molar-refractivity contribution in [3.63, 3.8) is 0 Å². The van der Waals surface area contributed by atoms with Gasteiger partial charge in [0.25, 0.3) is 0 Å². The highest BCUT2D eigenvalue weighted by Gasteiger charge is 2.16. The number of hydrogen-bond acceptors (Lipinski definition) is 4. The van der Waals surface area contributed by atoms with Crippen molar-refractivity contribution in [3.8, 4) is 12.3 Å². The predicted molar refractivity (Wildman–Crippen MR) is 78.3 cm³/mol. The van der Waals surface area contributed by atoms with Crippen LogP contribution in [0.3, 0.4) is 0 Å². The van der Waals surface area contributed by atoms with Gasteiger partial charge in [-0.15, -0.1) is 6.42 Å². The molecule has 0 saturated carbocycles. The van der Waals surface area contributed by atoms with Crippen LogP contribution in [0.15, 0.2) is 24.3 Å². The maximum atomic E-state index is 11.4. The fourth-order valence-corrected chi connectivity index (χ4v) is 2.36. The molecule has 0 unspecified atom stereocenters. The van der Waals surface area contributed by atoms with Gasteiger partial charge in [-0.25, -0.2) is 4.79 Å². The molecule has 1 aromatic carbocycles. The molecule has 1 fully saturated rings. The number of hydrogen-bond donors (Lipinski definition) is 0. The third-order valence-corrected chi connectivity index (χ3v) is 3.56. The van der Waals surface area contributed by atoms with Crippen LogP contribution >= 0.6 is 0 Å². The molecule has 1 aliphatic heterocycles. The number of carbonyl (C=O) groups is 1. The van der Waals surface area contributed by atoms with Crippen LogP contribution < -0.4 is 0 Å². The minimum atomic E-state index is -0.292. The Morgan fingerprint density at radius 2 is 1.80 bits per heavy atom. The lowest BCUT2D eigenvalue weighted by molar-refractivity contribution is 0.0600. The van der Waals surface area contributed by atoms with E-state index in [1.54, 1.807) is 0 Å². The molecule has 1 aromatic rings. The summed E-state index contributed by atoms with van der Waals surface area (Å²) in [6, 6.07) is 7.60. The Bertz CT molecular complexity index is 482. The van der Waals surface area contributed by atoms with Crippen molar-refractivity contribution in [2.24, 2.45) is 0 Å². The van der Waals surface area contributed by atoms with Crippen molar-refractivity contribution in [2.75, 3.05) is 39.8 Å². The monoisotopic (exact) mass is 272 g/mol. The summed E-state index contributed by atoms with van der Waals surface area (Å²) in [7, 11) is 1.39. The molecule has 0 atom stereocenters. The van der Waals surface area contributed by atoms with Crippen molar-refractivity contribution >= 4 is 5.97 Å². The summed E-state index contributed by atoms with van der Waals surface area (Å²) in [5.74, 6) is 2.40. The molecule has 1 saturated heterocycles. The zero-order valence-corrected chi connectivity index (χ0v) is 11.8. The molecule has 1 aliphatic rings. The third kappa shape index (κ3) is 3.83. The Balaban J connectivity index is 1.85. The molecule has 0 N–H and O–H groups in total. The van der Waals surface area contributed by atoms with Gasteiger partial charge in [0, 0.05) is 32.7 Å². The number of methoxy groups -OCH3 is 1. The van der Waals surface area contributed by atoms with Crippen LogP contribution in [0.5, 0.6) is 0 Å². The van der Waals surface area contributed by atoms with Crippen LogP contribution in [0.2, 0.25) is 0 Å². The number of esters is 1. The van der Waals surface area contributed by atoms with Gasteiger partial charge < -0.3 is 4.74 Å². The van der Waals surface area contributed by atoms with Crippen LogP contribution in [0, 0.1) is 12.3 Å². The van der Waals surface area contributed by atoms with Gasteiger partial charge >= 0.3 is 5.97 Å². The zero-order valence-electron chi connectivity index (χ0n) is 11.8. The van der Waals surface area contributed by atoms with Crippen LogP contribution in [0.4, 0.5) is 0 Å². The maximum absolute atomic E-state index is 11.4. The molecule has 0 aromatic heterocycles. The Labute approximate surface area is 120 Å². The molecule has 106 valence electrons. The van der Waals surface area contributed by atoms with Crippen LogP contribution in [0.1, 0.15) is 15.9 Å². The molecule has 2 rings (SSSR count). The Morgan fingerprint density at radius 3 is 2.35 bits per heavy atom. The highest BCUT2D eigenvalue weighted by atomic mass is 16.5. The summed E-state index contributed by atoms with van der Waals surface area (Å²) in [5, 5.41) is 0. The zero-order chi connectivity index (χ0) is 14.4. The van der Waals surface area contributed by atoms with Crippen molar-refractivity contribution < 1.29 is 9.53 Å². The van der Waals surface area contributed by atoms with Crippen molar-refractivity contribution in [1.29, 1.82) is 0 Å². The smallest absolute Gasteiger partial charge is 0.337 e. The first kappa shape index (κ1) is 14.6. The average molecular weight is 272 g/mol. The standard InChI is InChI=1S/C16H20N2O2/c1-3-8-17-9-11-18(12-10-17)13-14-4-6-15(7-5-14)16(19)20-2/h1,4-7H,8-13H2,2H3. The van der Waals surface area contributed by atoms with E-state index in [0.717, 1.165) is 39.3 Å². The lowest BCUT2D eigenvalue weighted by Gasteiger charge is -2.33. The van der Waals surface area contributed by atoms with E-state index in [-0.39, 0.29) is 5.97 Å². The fourth-order valence-electron chi connectivity index (χ4n) is 2.36. The SMILES string of the molecule is C#CCN1CCN(Cc2ccc(C(=O)OC)cc2)CC1. The molecule has 0 spiro atoms. The Morgan fingerprint density at radius 1 is 1.20 bits per heavy atom. The number of ether oxygens (including phenoxy) is 1. The van der Waals surface area contributed by atoms with Crippen LogP contribution in [-0.2, 0) is 11.3 Å². The predicted octanol–water partition coefficient (Wildman–Crippen LogP) is 1.22. The molecule has 0 bridgehead atoms. The molecule has 20 heavy (non-hydrogen) atoms. The topological polar surface area (TPSA) is 32.8 Å². The second-order valence-corrected chi connectivity index (χ2v) is 4.94. The molecule has 0 amide bonds. The minimum absolute atomic E-state index is 0.292. The van der Waals surface area contributed by atoms with Gasteiger partial charge in [-0.05, 0) is 17.7 Å². The third-order valence-electron chi connectivity index (χ3n) is 3.56. The summed E-state index contributed by atoms with van der Waals surface area (Å²) >= 11 is 0. The first-order valence-electron chi connectivity index (χ1n) is 6.78.